The second-order valence-electron chi connectivity index (χ2n) is 3.53. The normalized spacial score (nSPS) is 11.0. The predicted molar refractivity (Wildman–Crippen MR) is 61.6 cm³/mol. The van der Waals surface area contributed by atoms with Gasteiger partial charge in [-0.3, -0.25) is 0 Å². The van der Waals surface area contributed by atoms with E-state index in [0.717, 1.165) is 17.2 Å². The molecule has 0 saturated heterocycles. The van der Waals surface area contributed by atoms with E-state index in [4.69, 9.17) is 5.11 Å². The molecule has 1 aromatic carbocycles. The monoisotopic (exact) mass is 229 g/mol. The van der Waals surface area contributed by atoms with E-state index in [0.29, 0.717) is 5.56 Å². The first-order valence-corrected chi connectivity index (χ1v) is 5.79. The summed E-state index contributed by atoms with van der Waals surface area (Å²) in [7, 11) is 4.00. The van der Waals surface area contributed by atoms with Gasteiger partial charge in [-0.05, 0) is 26.2 Å². The first-order chi connectivity index (χ1) is 7.15. The fourth-order valence-electron chi connectivity index (χ4n) is 1.17. The van der Waals surface area contributed by atoms with Crippen molar-refractivity contribution in [1.82, 2.24) is 4.90 Å². The molecule has 4 heteroatoms. The smallest absolute Gasteiger partial charge is 0.129 e. The fourth-order valence-corrected chi connectivity index (χ4v) is 2.35. The average Bonchev–Trinajstić information content (AvgIpc) is 2.17. The molecule has 0 unspecified atom stereocenters. The summed E-state index contributed by atoms with van der Waals surface area (Å²) in [5, 5.41) is 9.04. The number of hydrogen-bond donors (Lipinski definition) is 1. The van der Waals surface area contributed by atoms with E-state index in [1.54, 1.807) is 17.8 Å². The summed E-state index contributed by atoms with van der Waals surface area (Å²) in [4.78, 5) is 2.91. The zero-order valence-corrected chi connectivity index (χ0v) is 9.85. The standard InChI is InChI=1S/C11H16FNOS/c1-13(2)6-7-15-11-5-3-4-10(12)9(11)8-14/h3-5,14H,6-8H2,1-2H3. The van der Waals surface area contributed by atoms with Gasteiger partial charge in [-0.25, -0.2) is 4.39 Å². The molecule has 2 nitrogen and oxygen atoms in total. The van der Waals surface area contributed by atoms with Crippen LogP contribution < -0.4 is 0 Å². The molecule has 0 amide bonds. The van der Waals surface area contributed by atoms with Crippen molar-refractivity contribution in [3.05, 3.63) is 29.6 Å². The molecule has 0 heterocycles. The van der Waals surface area contributed by atoms with Crippen LogP contribution in [0.4, 0.5) is 4.39 Å². The van der Waals surface area contributed by atoms with Crippen molar-refractivity contribution in [2.75, 3.05) is 26.4 Å². The average molecular weight is 229 g/mol. The topological polar surface area (TPSA) is 23.5 Å². The van der Waals surface area contributed by atoms with Gasteiger partial charge in [-0.15, -0.1) is 11.8 Å². The van der Waals surface area contributed by atoms with Crippen molar-refractivity contribution < 1.29 is 9.50 Å². The summed E-state index contributed by atoms with van der Waals surface area (Å²) in [5.41, 5.74) is 0.404. The number of thioether (sulfide) groups is 1. The van der Waals surface area contributed by atoms with Crippen LogP contribution in [0.1, 0.15) is 5.56 Å². The molecule has 0 aliphatic rings. The molecular formula is C11H16FNOS. The number of aliphatic hydroxyl groups is 1. The van der Waals surface area contributed by atoms with Crippen LogP contribution in [0.25, 0.3) is 0 Å². The molecule has 0 fully saturated rings. The van der Waals surface area contributed by atoms with Crippen LogP contribution in [0.2, 0.25) is 0 Å². The summed E-state index contributed by atoms with van der Waals surface area (Å²) in [5.74, 6) is 0.566. The van der Waals surface area contributed by atoms with Gasteiger partial charge in [0.2, 0.25) is 0 Å². The predicted octanol–water partition coefficient (Wildman–Crippen LogP) is 1.97. The van der Waals surface area contributed by atoms with Crippen LogP contribution in [-0.2, 0) is 6.61 Å². The zero-order chi connectivity index (χ0) is 11.3. The molecule has 0 bridgehead atoms. The Morgan fingerprint density at radius 1 is 1.40 bits per heavy atom. The third-order valence-corrected chi connectivity index (χ3v) is 3.11. The number of halogens is 1. The van der Waals surface area contributed by atoms with Crippen LogP contribution in [0.3, 0.4) is 0 Å². The lowest BCUT2D eigenvalue weighted by Gasteiger charge is -2.11. The number of nitrogens with zero attached hydrogens (tertiary/aromatic N) is 1. The third-order valence-electron chi connectivity index (χ3n) is 2.03. The van der Waals surface area contributed by atoms with Crippen molar-refractivity contribution in [2.24, 2.45) is 0 Å². The highest BCUT2D eigenvalue weighted by Gasteiger charge is 2.07. The lowest BCUT2D eigenvalue weighted by molar-refractivity contribution is 0.272. The Bertz CT molecular complexity index is 317. The maximum atomic E-state index is 13.3. The van der Waals surface area contributed by atoms with Crippen molar-refractivity contribution in [3.63, 3.8) is 0 Å². The van der Waals surface area contributed by atoms with Gasteiger partial charge in [0.1, 0.15) is 5.82 Å². The van der Waals surface area contributed by atoms with Gasteiger partial charge in [0, 0.05) is 22.8 Å². The van der Waals surface area contributed by atoms with E-state index in [-0.39, 0.29) is 12.4 Å². The highest BCUT2D eigenvalue weighted by atomic mass is 32.2. The molecule has 0 aliphatic heterocycles. The van der Waals surface area contributed by atoms with Crippen molar-refractivity contribution >= 4 is 11.8 Å². The third kappa shape index (κ3) is 3.81. The van der Waals surface area contributed by atoms with Crippen LogP contribution in [0.5, 0.6) is 0 Å². The molecule has 0 radical (unpaired) electrons. The molecule has 0 atom stereocenters. The maximum Gasteiger partial charge on any atom is 0.129 e. The summed E-state index contributed by atoms with van der Waals surface area (Å²) >= 11 is 1.57. The Hall–Kier alpha value is -0.580. The minimum atomic E-state index is -0.327. The van der Waals surface area contributed by atoms with Crippen LogP contribution >= 0.6 is 11.8 Å². The van der Waals surface area contributed by atoms with E-state index in [9.17, 15) is 4.39 Å². The summed E-state index contributed by atoms with van der Waals surface area (Å²) in [6.07, 6.45) is 0. The van der Waals surface area contributed by atoms with E-state index in [1.165, 1.54) is 6.07 Å². The Morgan fingerprint density at radius 2 is 2.13 bits per heavy atom. The number of benzene rings is 1. The Labute approximate surface area is 94.1 Å². The van der Waals surface area contributed by atoms with Crippen molar-refractivity contribution in [3.8, 4) is 0 Å². The van der Waals surface area contributed by atoms with Crippen LogP contribution in [-0.4, -0.2) is 36.4 Å². The quantitative estimate of drug-likeness (QED) is 0.781. The summed E-state index contributed by atoms with van der Waals surface area (Å²) < 4.78 is 13.3. The molecule has 1 aromatic rings. The van der Waals surface area contributed by atoms with Gasteiger partial charge >= 0.3 is 0 Å². The molecule has 1 N–H and O–H groups in total. The van der Waals surface area contributed by atoms with Gasteiger partial charge in [-0.2, -0.15) is 0 Å². The zero-order valence-electron chi connectivity index (χ0n) is 9.03. The number of rotatable bonds is 5. The largest absolute Gasteiger partial charge is 0.392 e. The molecule has 1 rings (SSSR count). The molecule has 84 valence electrons. The molecule has 0 spiro atoms. The fraction of sp³-hybridized carbons (Fsp3) is 0.455. The van der Waals surface area contributed by atoms with E-state index in [2.05, 4.69) is 4.90 Å². The lowest BCUT2D eigenvalue weighted by Crippen LogP contribution is -2.14. The second kappa shape index (κ2) is 6.10. The van der Waals surface area contributed by atoms with Gasteiger partial charge in [0.05, 0.1) is 6.61 Å². The molecule has 0 aliphatic carbocycles. The van der Waals surface area contributed by atoms with E-state index < -0.39 is 0 Å². The van der Waals surface area contributed by atoms with Gasteiger partial charge < -0.3 is 10.0 Å². The second-order valence-corrected chi connectivity index (χ2v) is 4.66. The molecule has 0 aromatic heterocycles. The Morgan fingerprint density at radius 3 is 2.73 bits per heavy atom. The molecule has 0 saturated carbocycles. The maximum absolute atomic E-state index is 13.3. The molecular weight excluding hydrogens is 213 g/mol. The number of aliphatic hydroxyl groups excluding tert-OH is 1. The van der Waals surface area contributed by atoms with Crippen LogP contribution in [0.15, 0.2) is 23.1 Å². The van der Waals surface area contributed by atoms with Crippen molar-refractivity contribution in [2.45, 2.75) is 11.5 Å². The van der Waals surface area contributed by atoms with E-state index >= 15 is 0 Å². The minimum absolute atomic E-state index is 0.239. The van der Waals surface area contributed by atoms with E-state index in [1.807, 2.05) is 20.2 Å². The lowest BCUT2D eigenvalue weighted by atomic mass is 10.2. The molecule has 15 heavy (non-hydrogen) atoms. The first kappa shape index (κ1) is 12.5. The highest BCUT2D eigenvalue weighted by molar-refractivity contribution is 7.99. The minimum Gasteiger partial charge on any atom is -0.392 e. The van der Waals surface area contributed by atoms with Gasteiger partial charge in [0.15, 0.2) is 0 Å². The number of hydrogen-bond acceptors (Lipinski definition) is 3. The SMILES string of the molecule is CN(C)CCSc1cccc(F)c1CO. The Kier molecular flexibility index (Phi) is 5.08. The van der Waals surface area contributed by atoms with Crippen molar-refractivity contribution in [1.29, 1.82) is 0 Å². The van der Waals surface area contributed by atoms with Gasteiger partial charge in [0.25, 0.3) is 0 Å². The Balaban J connectivity index is 2.64. The van der Waals surface area contributed by atoms with Crippen LogP contribution in [0, 0.1) is 5.82 Å². The first-order valence-electron chi connectivity index (χ1n) is 4.81. The summed E-state index contributed by atoms with van der Waals surface area (Å²) in [6.45, 7) is 0.697. The highest BCUT2D eigenvalue weighted by Crippen LogP contribution is 2.24. The van der Waals surface area contributed by atoms with Gasteiger partial charge in [-0.1, -0.05) is 6.07 Å². The summed E-state index contributed by atoms with van der Waals surface area (Å²) in [6, 6.07) is 4.89.